The number of fused-ring (bicyclic) bond motifs is 2. The molecule has 14 rings (SSSR count). The molecule has 0 spiro atoms. The van der Waals surface area contributed by atoms with Crippen molar-refractivity contribution < 1.29 is 69.7 Å². The number of primary sulfonamides is 1. The van der Waals surface area contributed by atoms with Crippen LogP contribution in [0, 0.1) is 0 Å². The van der Waals surface area contributed by atoms with Gasteiger partial charge in [0.05, 0.1) is 65.9 Å². The van der Waals surface area contributed by atoms with Crippen molar-refractivity contribution in [3.8, 4) is 34.0 Å². The van der Waals surface area contributed by atoms with Gasteiger partial charge in [0.15, 0.2) is 0 Å². The summed E-state index contributed by atoms with van der Waals surface area (Å²) < 4.78 is 75.1. The maximum absolute atomic E-state index is 13.5. The predicted molar refractivity (Wildman–Crippen MR) is 459 cm³/mol. The van der Waals surface area contributed by atoms with Crippen LogP contribution in [-0.2, 0) is 75.0 Å². The van der Waals surface area contributed by atoms with Crippen LogP contribution in [0.1, 0.15) is 158 Å². The van der Waals surface area contributed by atoms with Gasteiger partial charge in [-0.15, -0.1) is 26.3 Å². The van der Waals surface area contributed by atoms with E-state index >= 15 is 0 Å². The number of aromatic carboxylic acids is 1. The fraction of sp³-hybridized carbons (Fsp3) is 0.400. The van der Waals surface area contributed by atoms with E-state index in [1.165, 1.54) is 24.1 Å². The maximum Gasteiger partial charge on any atom is 0.335 e. The first-order valence-corrected chi connectivity index (χ1v) is 44.1. The van der Waals surface area contributed by atoms with Crippen LogP contribution in [0.4, 0.5) is 22.7 Å². The minimum absolute atomic E-state index is 0.00599. The molecule has 5 amide bonds. The van der Waals surface area contributed by atoms with Crippen molar-refractivity contribution in [2.24, 2.45) is 5.14 Å². The number of amides is 5. The smallest absolute Gasteiger partial charge is 0.335 e. The second kappa shape index (κ2) is 40.3. The Hall–Kier alpha value is -10.8. The number of morpholine rings is 2. The van der Waals surface area contributed by atoms with Gasteiger partial charge >= 0.3 is 5.97 Å². The molecule has 2 saturated carbocycles. The normalized spacial score (nSPS) is 16.2. The zero-order valence-corrected chi connectivity index (χ0v) is 68.3. The van der Waals surface area contributed by atoms with Crippen molar-refractivity contribution in [3.63, 3.8) is 0 Å². The maximum atomic E-state index is 13.5. The molecule has 0 bridgehead atoms. The average molecular weight is 1630 g/mol. The minimum atomic E-state index is -3.91. The van der Waals surface area contributed by atoms with Crippen molar-refractivity contribution in [1.82, 2.24) is 24.5 Å². The van der Waals surface area contributed by atoms with Gasteiger partial charge in [0, 0.05) is 115 Å². The molecule has 4 saturated heterocycles. The molecule has 6 aliphatic rings. The van der Waals surface area contributed by atoms with Crippen LogP contribution < -0.4 is 49.6 Å². The highest BCUT2D eigenvalue weighted by Gasteiger charge is 2.33. The summed E-state index contributed by atoms with van der Waals surface area (Å²) in [6.07, 6.45) is 21.0. The monoisotopic (exact) mass is 1630 g/mol. The number of anilines is 4. The van der Waals surface area contributed by atoms with Crippen LogP contribution in [0.3, 0.4) is 0 Å². The molecule has 6 heterocycles. The lowest BCUT2D eigenvalue weighted by Gasteiger charge is -2.31. The number of hydrogen-bond donors (Lipinski definition) is 5. The highest BCUT2D eigenvalue weighted by Crippen LogP contribution is 2.47. The third kappa shape index (κ3) is 21.9. The lowest BCUT2D eigenvalue weighted by molar-refractivity contribution is -0.122. The largest absolute Gasteiger partial charge is 0.489 e. The Morgan fingerprint density at radius 2 is 0.923 bits per heavy atom. The Kier molecular flexibility index (Phi) is 29.5. The molecular formula is C90H108N10O15S2. The Morgan fingerprint density at radius 1 is 0.504 bits per heavy atom. The molecule has 2 aliphatic carbocycles. The first-order chi connectivity index (χ1) is 56.6. The predicted octanol–water partition coefficient (Wildman–Crippen LogP) is 13.6. The average Bonchev–Trinajstić information content (AvgIpc) is 1.59. The molecule has 25 nitrogen and oxygen atoms in total. The number of benzene rings is 6. The van der Waals surface area contributed by atoms with Gasteiger partial charge in [-0.25, -0.2) is 31.5 Å². The van der Waals surface area contributed by atoms with Gasteiger partial charge in [-0.05, 0) is 195 Å². The number of nitrogens with one attached hydrogen (secondary N) is 3. The van der Waals surface area contributed by atoms with Crippen LogP contribution in [-0.4, -0.2) is 157 Å². The zero-order valence-electron chi connectivity index (χ0n) is 66.6. The SMILES string of the molecule is C=CCCNC(=O)Cn1c(-c2ccc(OCc3cc(N4CCCC4=O)ccc3N3CCOCC3)cc2)c(C2CCCCC2)c2ccc(C(=O)NS(=O)(=O)CC=C)cc21.C=CCCNC(=O)Cn1c(-c2ccc(OCc3cc(N4CCCC4=O)ccc3N3CCOCC3)cc2)c(C2CCCCC2)c2ccc(C(=O)O)cc21.C=CCS(N)(=O)=O. The number of carboxylic acid groups (broad SMARTS) is 1. The third-order valence-corrected chi connectivity index (χ3v) is 24.1. The van der Waals surface area contributed by atoms with E-state index in [2.05, 4.69) is 80.9 Å². The number of carboxylic acids is 1. The first kappa shape index (κ1) is 85.5. The van der Waals surface area contributed by atoms with Crippen molar-refractivity contribution in [1.29, 1.82) is 0 Å². The second-order valence-corrected chi connectivity index (χ2v) is 33.8. The van der Waals surface area contributed by atoms with E-state index in [-0.39, 0.29) is 65.3 Å². The fourth-order valence-corrected chi connectivity index (χ4v) is 17.8. The van der Waals surface area contributed by atoms with Crippen LogP contribution in [0.5, 0.6) is 11.5 Å². The van der Waals surface area contributed by atoms with E-state index in [1.54, 1.807) is 36.4 Å². The number of sulfonamides is 2. The van der Waals surface area contributed by atoms with Gasteiger partial charge in [0.25, 0.3) is 5.91 Å². The first-order valence-electron chi connectivity index (χ1n) is 40.7. The summed E-state index contributed by atoms with van der Waals surface area (Å²) in [6, 6.07) is 38.9. The molecular weight excluding hydrogens is 1530 g/mol. The zero-order chi connectivity index (χ0) is 82.6. The summed E-state index contributed by atoms with van der Waals surface area (Å²) in [5.74, 6) is -0.407. The van der Waals surface area contributed by atoms with Crippen molar-refractivity contribution in [2.75, 3.05) is 110 Å². The molecule has 117 heavy (non-hydrogen) atoms. The summed E-state index contributed by atoms with van der Waals surface area (Å²) in [4.78, 5) is 85.8. The van der Waals surface area contributed by atoms with Crippen molar-refractivity contribution in [2.45, 2.75) is 141 Å². The third-order valence-electron chi connectivity index (χ3n) is 22.3. The molecule has 6 aromatic carbocycles. The summed E-state index contributed by atoms with van der Waals surface area (Å²) >= 11 is 0. The van der Waals surface area contributed by atoms with E-state index in [1.807, 2.05) is 91.7 Å². The summed E-state index contributed by atoms with van der Waals surface area (Å²) in [6.45, 7) is 23.0. The van der Waals surface area contributed by atoms with E-state index < -0.39 is 31.9 Å². The molecule has 620 valence electrons. The number of nitrogens with two attached hydrogens (primary N) is 1. The number of rotatable bonds is 31. The standard InChI is InChI=1S/C45H53N5O7S.C42H48N4O6.C3H7NO2S/c1-3-5-21-46-41(51)30-50-40-29-34(45(53)47-58(54,55)27-4-2)15-19-38(40)43(32-10-7-6-8-11-32)44(50)33-13-17-37(18-14-33)57-31-35-28-36(49-22-9-12-42(49)52)16-20-39(35)48-23-25-56-26-24-48;1-2-3-19-43-38(47)27-46-37-26-31(42(49)50)13-17-35(37)40(29-8-5-4-6-9-29)41(46)30-11-15-34(16-12-30)52-28-32-25-33(45-20-7-10-39(45)48)14-18-36(32)44-21-23-51-24-22-44;1-2-3-7(4,5)6/h3-4,13-20,28-29,32H,1-2,5-12,21-27,30-31H2,(H,46,51)(H,47,53);2,11-18,25-26,29H,1,3-10,19-24,27-28H2,(H,43,47)(H,49,50);2H,1,3H2,(H2,4,5,6). The van der Waals surface area contributed by atoms with E-state index in [0.717, 1.165) is 182 Å². The van der Waals surface area contributed by atoms with Crippen LogP contribution in [0.25, 0.3) is 44.3 Å². The van der Waals surface area contributed by atoms with E-state index in [4.69, 9.17) is 18.9 Å². The summed E-state index contributed by atoms with van der Waals surface area (Å²) in [5.41, 5.74) is 13.7. The minimum Gasteiger partial charge on any atom is -0.489 e. The topological polar surface area (TPSA) is 313 Å². The number of carbonyl (C=O) groups is 6. The second-order valence-electron chi connectivity index (χ2n) is 30.4. The summed E-state index contributed by atoms with van der Waals surface area (Å²) in [5, 5.41) is 22.4. The number of hydrogen-bond acceptors (Lipinski definition) is 16. The molecule has 2 aromatic heterocycles. The van der Waals surface area contributed by atoms with Crippen LogP contribution >= 0.6 is 0 Å². The van der Waals surface area contributed by atoms with Crippen LogP contribution in [0.2, 0.25) is 0 Å². The molecule has 27 heteroatoms. The molecule has 6 N–H and O–H groups in total. The number of aromatic nitrogens is 2. The highest BCUT2D eigenvalue weighted by molar-refractivity contribution is 7.90. The van der Waals surface area contributed by atoms with Crippen LogP contribution in [0.15, 0.2) is 172 Å². The molecule has 6 fully saturated rings. The van der Waals surface area contributed by atoms with Gasteiger partial charge in [-0.2, -0.15) is 0 Å². The Balaban J connectivity index is 0.000000200. The van der Waals surface area contributed by atoms with Gasteiger partial charge in [-0.3, -0.25) is 24.0 Å². The highest BCUT2D eigenvalue weighted by atomic mass is 32.2. The quantitative estimate of drug-likeness (QED) is 0.0199. The number of ether oxygens (including phenoxy) is 4. The van der Waals surface area contributed by atoms with E-state index in [0.29, 0.717) is 108 Å². The van der Waals surface area contributed by atoms with Gasteiger partial charge in [0.2, 0.25) is 43.7 Å². The number of nitrogens with zero attached hydrogens (tertiary/aromatic N) is 6. The Morgan fingerprint density at radius 3 is 1.30 bits per heavy atom. The van der Waals surface area contributed by atoms with Gasteiger partial charge in [0.1, 0.15) is 37.8 Å². The number of carbonyl (C=O) groups excluding carboxylic acids is 5. The molecule has 0 atom stereocenters. The molecule has 8 aromatic rings. The lowest BCUT2D eigenvalue weighted by atomic mass is 9.81. The summed E-state index contributed by atoms with van der Waals surface area (Å²) in [7, 11) is -7.20. The Bertz CT molecular complexity index is 5170. The fourth-order valence-electron chi connectivity index (χ4n) is 16.7. The lowest BCUT2D eigenvalue weighted by Crippen LogP contribution is -2.37. The molecule has 0 radical (unpaired) electrons. The van der Waals surface area contributed by atoms with Gasteiger partial charge < -0.3 is 63.4 Å². The molecule has 4 aliphatic heterocycles. The van der Waals surface area contributed by atoms with Gasteiger partial charge in [-0.1, -0.05) is 75.0 Å². The van der Waals surface area contributed by atoms with Crippen molar-refractivity contribution in [3.05, 3.63) is 205 Å². The molecule has 0 unspecified atom stereocenters. The van der Waals surface area contributed by atoms with E-state index in [9.17, 15) is 50.7 Å². The Labute approximate surface area is 685 Å². The van der Waals surface area contributed by atoms with Crippen molar-refractivity contribution >= 4 is 100 Å².